The van der Waals surface area contributed by atoms with E-state index in [4.69, 9.17) is 0 Å². The van der Waals surface area contributed by atoms with Gasteiger partial charge in [-0.1, -0.05) is 59.5 Å². The van der Waals surface area contributed by atoms with Crippen molar-refractivity contribution in [3.63, 3.8) is 0 Å². The highest BCUT2D eigenvalue weighted by molar-refractivity contribution is 9.09. The van der Waals surface area contributed by atoms with Crippen molar-refractivity contribution in [1.82, 2.24) is 0 Å². The minimum Gasteiger partial charge on any atom is -0.0924 e. The fourth-order valence-corrected chi connectivity index (χ4v) is 2.96. The zero-order valence-electron chi connectivity index (χ0n) is 9.21. The Morgan fingerprint density at radius 3 is 2.27 bits per heavy atom. The molecule has 0 bridgehead atoms. The lowest BCUT2D eigenvalue weighted by Gasteiger charge is -2.22. The highest BCUT2D eigenvalue weighted by Crippen LogP contribution is 2.32. The Balaban J connectivity index is 2.02. The lowest BCUT2D eigenvalue weighted by molar-refractivity contribution is 0.443. The van der Waals surface area contributed by atoms with Crippen LogP contribution in [0.5, 0.6) is 0 Å². The quantitative estimate of drug-likeness (QED) is 0.698. The van der Waals surface area contributed by atoms with Gasteiger partial charge < -0.3 is 0 Å². The van der Waals surface area contributed by atoms with E-state index in [1.54, 1.807) is 5.56 Å². The van der Waals surface area contributed by atoms with Crippen molar-refractivity contribution in [2.45, 2.75) is 44.4 Å². The van der Waals surface area contributed by atoms with Crippen LogP contribution >= 0.6 is 15.9 Å². The number of hydrogen-bond donors (Lipinski definition) is 0. The summed E-state index contributed by atoms with van der Waals surface area (Å²) in [4.78, 5) is 0. The van der Waals surface area contributed by atoms with Crippen molar-refractivity contribution < 1.29 is 0 Å². The summed E-state index contributed by atoms with van der Waals surface area (Å²) in [5.41, 5.74) is 3.01. The van der Waals surface area contributed by atoms with E-state index in [0.717, 1.165) is 17.7 Å². The molecule has 0 aromatic heterocycles. The predicted octanol–water partition coefficient (Wildman–Crippen LogP) is 4.67. The zero-order valence-corrected chi connectivity index (χ0v) is 10.8. The Kier molecular flexibility index (Phi) is 4.25. The van der Waals surface area contributed by atoms with Gasteiger partial charge in [-0.3, -0.25) is 0 Å². The summed E-state index contributed by atoms with van der Waals surface area (Å²) in [6, 6.07) is 9.28. The van der Waals surface area contributed by atoms with Crippen molar-refractivity contribution >= 4 is 15.9 Å². The second kappa shape index (κ2) is 5.69. The van der Waals surface area contributed by atoms with Crippen LogP contribution in [0.2, 0.25) is 0 Å². The molecule has 1 aliphatic rings. The molecule has 0 spiro atoms. The molecule has 0 aliphatic heterocycles. The van der Waals surface area contributed by atoms with Crippen molar-refractivity contribution in [2.75, 3.05) is 5.33 Å². The maximum atomic E-state index is 3.48. The molecule has 2 rings (SSSR count). The summed E-state index contributed by atoms with van der Waals surface area (Å²) in [6.45, 7) is 0. The van der Waals surface area contributed by atoms with Crippen molar-refractivity contribution in [1.29, 1.82) is 0 Å². The minimum absolute atomic E-state index is 0.844. The third-order valence-corrected chi connectivity index (χ3v) is 3.84. The fourth-order valence-electron chi connectivity index (χ4n) is 2.50. The Morgan fingerprint density at radius 1 is 1.00 bits per heavy atom. The predicted molar refractivity (Wildman–Crippen MR) is 69.8 cm³/mol. The van der Waals surface area contributed by atoms with Gasteiger partial charge >= 0.3 is 0 Å². The maximum absolute atomic E-state index is 3.48. The number of benzene rings is 1. The third-order valence-electron chi connectivity index (χ3n) is 3.44. The van der Waals surface area contributed by atoms with Gasteiger partial charge in [0.05, 0.1) is 0 Å². The van der Waals surface area contributed by atoms with Crippen molar-refractivity contribution in [2.24, 2.45) is 0 Å². The summed E-state index contributed by atoms with van der Waals surface area (Å²) in [5.74, 6) is 0.844. The van der Waals surface area contributed by atoms with Gasteiger partial charge in [-0.25, -0.2) is 0 Å². The van der Waals surface area contributed by atoms with E-state index in [9.17, 15) is 0 Å². The van der Waals surface area contributed by atoms with Gasteiger partial charge in [0, 0.05) is 5.33 Å². The maximum Gasteiger partial charge on any atom is 0.00718 e. The second-order valence-electron chi connectivity index (χ2n) is 4.52. The Bertz CT molecular complexity index is 283. The van der Waals surface area contributed by atoms with Gasteiger partial charge in [0.2, 0.25) is 0 Å². The van der Waals surface area contributed by atoms with Crippen LogP contribution < -0.4 is 0 Å². The zero-order chi connectivity index (χ0) is 10.5. The average molecular weight is 267 g/mol. The van der Waals surface area contributed by atoms with E-state index in [0.29, 0.717) is 0 Å². The average Bonchev–Trinajstić information content (AvgIpc) is 2.32. The molecule has 1 heteroatoms. The summed E-state index contributed by atoms with van der Waals surface area (Å²) in [6.07, 6.45) is 8.24. The molecular formula is C14H19Br. The minimum atomic E-state index is 0.844. The van der Waals surface area contributed by atoms with Crippen LogP contribution in [0, 0.1) is 0 Å². The van der Waals surface area contributed by atoms with Gasteiger partial charge in [-0.05, 0) is 36.3 Å². The lowest BCUT2D eigenvalue weighted by atomic mass is 9.84. The van der Waals surface area contributed by atoms with Gasteiger partial charge in [0.15, 0.2) is 0 Å². The molecule has 0 unspecified atom stereocenters. The van der Waals surface area contributed by atoms with Crippen LogP contribution in [0.25, 0.3) is 0 Å². The van der Waals surface area contributed by atoms with Crippen LogP contribution in [0.3, 0.4) is 0 Å². The van der Waals surface area contributed by atoms with E-state index in [-0.39, 0.29) is 0 Å². The standard InChI is InChI=1S/C14H19Br/c15-11-10-12-6-8-14(9-7-12)13-4-2-1-3-5-13/h6-9,13H,1-5,10-11H2. The monoisotopic (exact) mass is 266 g/mol. The number of alkyl halides is 1. The molecule has 0 radical (unpaired) electrons. The lowest BCUT2D eigenvalue weighted by Crippen LogP contribution is -2.04. The highest BCUT2D eigenvalue weighted by Gasteiger charge is 2.14. The van der Waals surface area contributed by atoms with Crippen LogP contribution in [-0.2, 0) is 6.42 Å². The van der Waals surface area contributed by atoms with E-state index in [1.165, 1.54) is 37.7 Å². The molecule has 0 atom stereocenters. The highest BCUT2D eigenvalue weighted by atomic mass is 79.9. The van der Waals surface area contributed by atoms with Gasteiger partial charge in [0.1, 0.15) is 0 Å². The summed E-state index contributed by atoms with van der Waals surface area (Å²) >= 11 is 3.48. The number of rotatable bonds is 3. The molecule has 0 amide bonds. The molecule has 0 nitrogen and oxygen atoms in total. The first-order valence-electron chi connectivity index (χ1n) is 6.05. The molecule has 0 heterocycles. The van der Waals surface area contributed by atoms with E-state index >= 15 is 0 Å². The van der Waals surface area contributed by atoms with Gasteiger partial charge in [0.25, 0.3) is 0 Å². The molecule has 1 aromatic carbocycles. The molecule has 82 valence electrons. The molecule has 1 saturated carbocycles. The van der Waals surface area contributed by atoms with Crippen LogP contribution in [0.15, 0.2) is 24.3 Å². The van der Waals surface area contributed by atoms with Crippen LogP contribution in [-0.4, -0.2) is 5.33 Å². The van der Waals surface area contributed by atoms with Gasteiger partial charge in [-0.15, -0.1) is 0 Å². The Morgan fingerprint density at radius 2 is 1.67 bits per heavy atom. The topological polar surface area (TPSA) is 0 Å². The first-order valence-corrected chi connectivity index (χ1v) is 7.17. The third kappa shape index (κ3) is 3.07. The molecule has 1 aliphatic carbocycles. The molecule has 0 N–H and O–H groups in total. The number of aryl methyl sites for hydroxylation is 1. The molecule has 15 heavy (non-hydrogen) atoms. The van der Waals surface area contributed by atoms with E-state index in [2.05, 4.69) is 40.2 Å². The summed E-state index contributed by atoms with van der Waals surface area (Å²) < 4.78 is 0. The molecule has 0 saturated heterocycles. The Hall–Kier alpha value is -0.300. The number of hydrogen-bond acceptors (Lipinski definition) is 0. The second-order valence-corrected chi connectivity index (χ2v) is 5.31. The van der Waals surface area contributed by atoms with Crippen LogP contribution in [0.4, 0.5) is 0 Å². The number of halogens is 1. The largest absolute Gasteiger partial charge is 0.0924 e. The normalized spacial score (nSPS) is 17.9. The van der Waals surface area contributed by atoms with Crippen LogP contribution in [0.1, 0.15) is 49.1 Å². The molecule has 1 aromatic rings. The first-order chi connectivity index (χ1) is 7.40. The summed E-state index contributed by atoms with van der Waals surface area (Å²) in [7, 11) is 0. The first kappa shape index (κ1) is 11.2. The molecular weight excluding hydrogens is 248 g/mol. The molecule has 1 fully saturated rings. The Labute approximate surface area is 101 Å². The summed E-state index contributed by atoms with van der Waals surface area (Å²) in [5, 5.41) is 1.07. The smallest absolute Gasteiger partial charge is 0.00718 e. The van der Waals surface area contributed by atoms with Gasteiger partial charge in [-0.2, -0.15) is 0 Å². The van der Waals surface area contributed by atoms with E-state index < -0.39 is 0 Å². The SMILES string of the molecule is BrCCc1ccc(C2CCCCC2)cc1. The fraction of sp³-hybridized carbons (Fsp3) is 0.571. The van der Waals surface area contributed by atoms with E-state index in [1.807, 2.05) is 0 Å². The van der Waals surface area contributed by atoms with Crippen molar-refractivity contribution in [3.8, 4) is 0 Å². The van der Waals surface area contributed by atoms with Crippen molar-refractivity contribution in [3.05, 3.63) is 35.4 Å².